The molecule has 1 aromatic heterocycles. The van der Waals surface area contributed by atoms with Crippen LogP contribution in [0.5, 0.6) is 0 Å². The number of likely N-dealkylation sites (N-methyl/N-ethyl adjacent to an activating group) is 1. The monoisotopic (exact) mass is 385 g/mol. The summed E-state index contributed by atoms with van der Waals surface area (Å²) in [4.78, 5) is 30.1. The first kappa shape index (κ1) is 19.6. The van der Waals surface area contributed by atoms with Gasteiger partial charge in [-0.2, -0.15) is 0 Å². The highest BCUT2D eigenvalue weighted by atomic mass is 32.1. The van der Waals surface area contributed by atoms with Gasteiger partial charge in [0.15, 0.2) is 0 Å². The molecule has 27 heavy (non-hydrogen) atoms. The van der Waals surface area contributed by atoms with Gasteiger partial charge in [0.25, 0.3) is 0 Å². The summed E-state index contributed by atoms with van der Waals surface area (Å²) in [5, 5.41) is 5.10. The molecule has 6 heteroatoms. The van der Waals surface area contributed by atoms with E-state index in [1.54, 1.807) is 16.2 Å². The molecule has 0 spiro atoms. The lowest BCUT2D eigenvalue weighted by atomic mass is 10.1. The van der Waals surface area contributed by atoms with Crippen LogP contribution in [-0.4, -0.2) is 43.9 Å². The number of hydrogen-bond acceptors (Lipinski definition) is 4. The molecular formula is C21H27N3O2S. The summed E-state index contributed by atoms with van der Waals surface area (Å²) in [7, 11) is 4.02. The van der Waals surface area contributed by atoms with E-state index in [9.17, 15) is 9.59 Å². The first-order chi connectivity index (χ1) is 13.0. The molecule has 1 fully saturated rings. The van der Waals surface area contributed by atoms with Crippen molar-refractivity contribution in [1.29, 1.82) is 0 Å². The van der Waals surface area contributed by atoms with Gasteiger partial charge in [0, 0.05) is 30.1 Å². The molecule has 1 aliphatic rings. The Kier molecular flexibility index (Phi) is 6.29. The van der Waals surface area contributed by atoms with Gasteiger partial charge >= 0.3 is 0 Å². The van der Waals surface area contributed by atoms with Gasteiger partial charge in [0.2, 0.25) is 11.8 Å². The minimum absolute atomic E-state index is 0.0156. The van der Waals surface area contributed by atoms with Crippen LogP contribution in [-0.2, 0) is 16.0 Å². The Labute approximate surface area is 165 Å². The third-order valence-electron chi connectivity index (χ3n) is 5.12. The van der Waals surface area contributed by atoms with Crippen molar-refractivity contribution in [2.45, 2.75) is 25.8 Å². The Balaban J connectivity index is 1.60. The first-order valence-corrected chi connectivity index (χ1v) is 10.2. The van der Waals surface area contributed by atoms with Gasteiger partial charge in [-0.1, -0.05) is 25.1 Å². The number of amides is 2. The van der Waals surface area contributed by atoms with Crippen molar-refractivity contribution < 1.29 is 9.59 Å². The fourth-order valence-corrected chi connectivity index (χ4v) is 4.33. The Morgan fingerprint density at radius 1 is 1.30 bits per heavy atom. The second kappa shape index (κ2) is 8.67. The molecule has 0 aliphatic carbocycles. The largest absolute Gasteiger partial charge is 0.354 e. The van der Waals surface area contributed by atoms with Gasteiger partial charge in [-0.25, -0.2) is 0 Å². The predicted molar refractivity (Wildman–Crippen MR) is 110 cm³/mol. The first-order valence-electron chi connectivity index (χ1n) is 9.36. The number of benzene rings is 1. The fourth-order valence-electron chi connectivity index (χ4n) is 3.40. The highest BCUT2D eigenvalue weighted by Crippen LogP contribution is 2.26. The Morgan fingerprint density at radius 3 is 2.63 bits per heavy atom. The number of carbonyl (C=O) groups excluding carboxylic acids is 2. The van der Waals surface area contributed by atoms with E-state index in [2.05, 4.69) is 23.2 Å². The second-order valence-corrected chi connectivity index (χ2v) is 8.14. The molecule has 5 nitrogen and oxygen atoms in total. The van der Waals surface area contributed by atoms with Gasteiger partial charge in [-0.3, -0.25) is 9.59 Å². The SMILES string of the molecule is CCc1ccc(N2CC(C(=O)NCC(c3cccs3)N(C)C)CC2=O)cc1. The summed E-state index contributed by atoms with van der Waals surface area (Å²) in [5.41, 5.74) is 2.11. The topological polar surface area (TPSA) is 52.7 Å². The number of hydrogen-bond donors (Lipinski definition) is 1. The number of carbonyl (C=O) groups is 2. The lowest BCUT2D eigenvalue weighted by molar-refractivity contribution is -0.126. The Hall–Kier alpha value is -2.18. The van der Waals surface area contributed by atoms with Crippen molar-refractivity contribution in [1.82, 2.24) is 10.2 Å². The zero-order valence-corrected chi connectivity index (χ0v) is 17.0. The van der Waals surface area contributed by atoms with Crippen molar-refractivity contribution in [2.75, 3.05) is 32.1 Å². The molecule has 1 aliphatic heterocycles. The minimum atomic E-state index is -0.297. The third kappa shape index (κ3) is 4.57. The summed E-state index contributed by atoms with van der Waals surface area (Å²) in [6.45, 7) is 3.09. The third-order valence-corrected chi connectivity index (χ3v) is 6.09. The van der Waals surface area contributed by atoms with Crippen molar-refractivity contribution >= 4 is 28.8 Å². The summed E-state index contributed by atoms with van der Waals surface area (Å²) in [5.74, 6) is -0.323. The Bertz CT molecular complexity index is 771. The van der Waals surface area contributed by atoms with E-state index in [0.717, 1.165) is 12.1 Å². The van der Waals surface area contributed by atoms with Gasteiger partial charge in [0.1, 0.15) is 0 Å². The van der Waals surface area contributed by atoms with Gasteiger partial charge in [0.05, 0.1) is 12.0 Å². The molecule has 1 aromatic carbocycles. The van der Waals surface area contributed by atoms with Crippen LogP contribution >= 0.6 is 11.3 Å². The zero-order chi connectivity index (χ0) is 19.4. The molecule has 2 amide bonds. The number of nitrogens with one attached hydrogen (secondary N) is 1. The number of aryl methyl sites for hydroxylation is 1. The maximum atomic E-state index is 12.7. The van der Waals surface area contributed by atoms with Crippen LogP contribution in [0.1, 0.15) is 29.8 Å². The van der Waals surface area contributed by atoms with Crippen molar-refractivity contribution in [2.24, 2.45) is 5.92 Å². The van der Waals surface area contributed by atoms with Crippen LogP contribution in [0.3, 0.4) is 0 Å². The summed E-state index contributed by atoms with van der Waals surface area (Å²) in [6, 6.07) is 12.3. The van der Waals surface area contributed by atoms with Crippen LogP contribution in [0.2, 0.25) is 0 Å². The molecule has 2 heterocycles. The van der Waals surface area contributed by atoms with Crippen LogP contribution < -0.4 is 10.2 Å². The molecule has 144 valence electrons. The molecule has 1 saturated heterocycles. The average molecular weight is 386 g/mol. The maximum absolute atomic E-state index is 12.7. The van der Waals surface area contributed by atoms with Crippen LogP contribution in [0.25, 0.3) is 0 Å². The maximum Gasteiger partial charge on any atom is 0.227 e. The summed E-state index contributed by atoms with van der Waals surface area (Å²) in [6.07, 6.45) is 1.24. The Morgan fingerprint density at radius 2 is 2.04 bits per heavy atom. The lowest BCUT2D eigenvalue weighted by Crippen LogP contribution is -2.38. The quantitative estimate of drug-likeness (QED) is 0.797. The van der Waals surface area contributed by atoms with Crippen LogP contribution in [0.15, 0.2) is 41.8 Å². The molecule has 2 aromatic rings. The predicted octanol–water partition coefficient (Wildman–Crippen LogP) is 3.08. The second-order valence-electron chi connectivity index (χ2n) is 7.17. The van der Waals surface area contributed by atoms with Gasteiger partial charge in [-0.05, 0) is 49.7 Å². The van der Waals surface area contributed by atoms with Crippen molar-refractivity contribution in [3.8, 4) is 0 Å². The van der Waals surface area contributed by atoms with Crippen LogP contribution in [0.4, 0.5) is 5.69 Å². The molecule has 2 atom stereocenters. The average Bonchev–Trinajstić information content (AvgIpc) is 3.31. The molecule has 2 unspecified atom stereocenters. The van der Waals surface area contributed by atoms with E-state index >= 15 is 0 Å². The van der Waals surface area contributed by atoms with E-state index < -0.39 is 0 Å². The van der Waals surface area contributed by atoms with E-state index in [1.807, 2.05) is 49.8 Å². The minimum Gasteiger partial charge on any atom is -0.354 e. The number of anilines is 1. The molecule has 1 N–H and O–H groups in total. The van der Waals surface area contributed by atoms with E-state index in [4.69, 9.17) is 0 Å². The standard InChI is InChI=1S/C21H27N3O2S/c1-4-15-7-9-17(10-8-15)24-14-16(12-20(24)25)21(26)22-13-18(23(2)3)19-6-5-11-27-19/h5-11,16,18H,4,12-14H2,1-3H3,(H,22,26). The molecule has 0 bridgehead atoms. The highest BCUT2D eigenvalue weighted by Gasteiger charge is 2.35. The summed E-state index contributed by atoms with van der Waals surface area (Å²) < 4.78 is 0. The molecular weight excluding hydrogens is 358 g/mol. The van der Waals surface area contributed by atoms with E-state index in [-0.39, 0.29) is 30.2 Å². The van der Waals surface area contributed by atoms with E-state index in [0.29, 0.717) is 13.1 Å². The smallest absolute Gasteiger partial charge is 0.227 e. The zero-order valence-electron chi connectivity index (χ0n) is 16.1. The van der Waals surface area contributed by atoms with Gasteiger partial charge < -0.3 is 15.1 Å². The normalized spacial score (nSPS) is 18.1. The van der Waals surface area contributed by atoms with E-state index in [1.165, 1.54) is 10.4 Å². The van der Waals surface area contributed by atoms with Gasteiger partial charge in [-0.15, -0.1) is 11.3 Å². The number of nitrogens with zero attached hydrogens (tertiary/aromatic N) is 2. The molecule has 3 rings (SSSR count). The number of rotatable bonds is 7. The highest BCUT2D eigenvalue weighted by molar-refractivity contribution is 7.10. The number of thiophene rings is 1. The van der Waals surface area contributed by atoms with Crippen molar-refractivity contribution in [3.05, 3.63) is 52.2 Å². The molecule has 0 saturated carbocycles. The van der Waals surface area contributed by atoms with Crippen LogP contribution in [0, 0.1) is 5.92 Å². The summed E-state index contributed by atoms with van der Waals surface area (Å²) >= 11 is 1.69. The fraction of sp³-hybridized carbons (Fsp3) is 0.429. The van der Waals surface area contributed by atoms with Crippen molar-refractivity contribution in [3.63, 3.8) is 0 Å². The molecule has 0 radical (unpaired) electrons. The lowest BCUT2D eigenvalue weighted by Gasteiger charge is -2.24.